The largest absolute Gasteiger partial charge is 0.476 e. The molecule has 3 aromatic heterocycles. The predicted octanol–water partition coefficient (Wildman–Crippen LogP) is 2.82. The van der Waals surface area contributed by atoms with E-state index < -0.39 is 5.97 Å². The highest BCUT2D eigenvalue weighted by Gasteiger charge is 2.24. The summed E-state index contributed by atoms with van der Waals surface area (Å²) in [4.78, 5) is 18.9. The fourth-order valence-electron chi connectivity index (χ4n) is 3.02. The molecule has 118 valence electrons. The number of H-pyrrole nitrogens is 1. The Balaban J connectivity index is 1.85. The fraction of sp³-hybridized carbons (Fsp3) is 0.312. The van der Waals surface area contributed by atoms with Crippen LogP contribution in [-0.4, -0.2) is 37.4 Å². The number of hydrogen-bond acceptors (Lipinski definition) is 4. The standard InChI is InChI=1S/C16H16N4O3/c21-16(22)14-12(9-20(19-14)13-3-1-2-8-23-13)10-4-6-17-15-11(10)5-7-18-15/h4-7,9,13H,1-3,8H2,(H,17,18)(H,21,22). The van der Waals surface area contributed by atoms with Gasteiger partial charge in [0.15, 0.2) is 5.69 Å². The van der Waals surface area contributed by atoms with Crippen molar-refractivity contribution in [2.45, 2.75) is 25.5 Å². The molecule has 4 rings (SSSR count). The van der Waals surface area contributed by atoms with Crippen LogP contribution in [0.5, 0.6) is 0 Å². The molecule has 0 bridgehead atoms. The lowest BCUT2D eigenvalue weighted by Gasteiger charge is -2.22. The Hall–Kier alpha value is -2.67. The molecule has 4 heterocycles. The second-order valence-corrected chi connectivity index (χ2v) is 5.60. The summed E-state index contributed by atoms with van der Waals surface area (Å²) in [6, 6.07) is 3.70. The first-order chi connectivity index (χ1) is 11.2. The fourth-order valence-corrected chi connectivity index (χ4v) is 3.02. The van der Waals surface area contributed by atoms with Gasteiger partial charge in [-0.2, -0.15) is 5.10 Å². The maximum Gasteiger partial charge on any atom is 0.357 e. The van der Waals surface area contributed by atoms with Crippen molar-refractivity contribution >= 4 is 17.0 Å². The third kappa shape index (κ3) is 2.39. The van der Waals surface area contributed by atoms with Crippen molar-refractivity contribution in [3.05, 3.63) is 36.4 Å². The third-order valence-electron chi connectivity index (χ3n) is 4.14. The van der Waals surface area contributed by atoms with Crippen molar-refractivity contribution in [3.8, 4) is 11.1 Å². The molecule has 2 N–H and O–H groups in total. The van der Waals surface area contributed by atoms with Gasteiger partial charge in [0, 0.05) is 36.1 Å². The van der Waals surface area contributed by atoms with Crippen LogP contribution < -0.4 is 0 Å². The van der Waals surface area contributed by atoms with E-state index in [1.54, 1.807) is 23.3 Å². The molecule has 3 aromatic rings. The summed E-state index contributed by atoms with van der Waals surface area (Å²) in [6.45, 7) is 0.680. The SMILES string of the molecule is O=C(O)c1nn(C2CCCCO2)cc1-c1ccnc2[nH]ccc12. The number of pyridine rings is 1. The Morgan fingerprint density at radius 3 is 3.04 bits per heavy atom. The van der Waals surface area contributed by atoms with Crippen LogP contribution in [0.3, 0.4) is 0 Å². The molecule has 0 aliphatic carbocycles. The lowest BCUT2D eigenvalue weighted by atomic mass is 10.0. The predicted molar refractivity (Wildman–Crippen MR) is 83.1 cm³/mol. The van der Waals surface area contributed by atoms with Crippen LogP contribution >= 0.6 is 0 Å². The van der Waals surface area contributed by atoms with Gasteiger partial charge in [0.25, 0.3) is 0 Å². The van der Waals surface area contributed by atoms with Gasteiger partial charge in [0.2, 0.25) is 0 Å². The van der Waals surface area contributed by atoms with Crippen LogP contribution in [0.2, 0.25) is 0 Å². The zero-order valence-corrected chi connectivity index (χ0v) is 12.4. The summed E-state index contributed by atoms with van der Waals surface area (Å²) in [6.07, 6.45) is 7.95. The number of nitrogens with zero attached hydrogens (tertiary/aromatic N) is 3. The highest BCUT2D eigenvalue weighted by molar-refractivity contribution is 6.00. The first kappa shape index (κ1) is 14.0. The molecule has 1 saturated heterocycles. The molecule has 1 fully saturated rings. The van der Waals surface area contributed by atoms with E-state index in [0.29, 0.717) is 12.2 Å². The Labute approximate surface area is 131 Å². The quantitative estimate of drug-likeness (QED) is 0.775. The number of carboxylic acids is 1. The molecule has 0 saturated carbocycles. The minimum absolute atomic E-state index is 0.0351. The molecule has 1 aliphatic rings. The van der Waals surface area contributed by atoms with Crippen LogP contribution in [0.25, 0.3) is 22.2 Å². The van der Waals surface area contributed by atoms with E-state index in [2.05, 4.69) is 15.1 Å². The summed E-state index contributed by atoms with van der Waals surface area (Å²) < 4.78 is 7.35. The van der Waals surface area contributed by atoms with Gasteiger partial charge in [-0.1, -0.05) is 0 Å². The number of carbonyl (C=O) groups is 1. The number of aromatic carboxylic acids is 1. The first-order valence-corrected chi connectivity index (χ1v) is 7.60. The van der Waals surface area contributed by atoms with Crippen molar-refractivity contribution in [2.75, 3.05) is 6.61 Å². The van der Waals surface area contributed by atoms with Gasteiger partial charge in [-0.25, -0.2) is 14.5 Å². The maximum absolute atomic E-state index is 11.6. The molecule has 1 aliphatic heterocycles. The van der Waals surface area contributed by atoms with Crippen molar-refractivity contribution in [1.82, 2.24) is 19.7 Å². The van der Waals surface area contributed by atoms with Gasteiger partial charge in [0.1, 0.15) is 11.9 Å². The Morgan fingerprint density at radius 2 is 2.26 bits per heavy atom. The number of aromatic amines is 1. The minimum atomic E-state index is -1.05. The van der Waals surface area contributed by atoms with E-state index in [0.717, 1.165) is 35.9 Å². The molecule has 7 heteroatoms. The van der Waals surface area contributed by atoms with Gasteiger partial charge in [-0.05, 0) is 37.0 Å². The molecular weight excluding hydrogens is 296 g/mol. The average molecular weight is 312 g/mol. The Morgan fingerprint density at radius 1 is 1.35 bits per heavy atom. The van der Waals surface area contributed by atoms with E-state index in [1.165, 1.54) is 0 Å². The van der Waals surface area contributed by atoms with Crippen LogP contribution in [0.4, 0.5) is 0 Å². The number of nitrogens with one attached hydrogen (secondary N) is 1. The summed E-state index contributed by atoms with van der Waals surface area (Å²) in [7, 11) is 0. The van der Waals surface area contributed by atoms with Crippen molar-refractivity contribution in [2.24, 2.45) is 0 Å². The second kappa shape index (κ2) is 5.51. The van der Waals surface area contributed by atoms with Gasteiger partial charge in [-0.15, -0.1) is 0 Å². The van der Waals surface area contributed by atoms with Crippen LogP contribution in [0, 0.1) is 0 Å². The molecule has 23 heavy (non-hydrogen) atoms. The first-order valence-electron chi connectivity index (χ1n) is 7.60. The summed E-state index contributed by atoms with van der Waals surface area (Å²) >= 11 is 0. The monoisotopic (exact) mass is 312 g/mol. The average Bonchev–Trinajstić information content (AvgIpc) is 3.22. The number of ether oxygens (including phenoxy) is 1. The molecule has 0 spiro atoms. The lowest BCUT2D eigenvalue weighted by Crippen LogP contribution is -2.19. The highest BCUT2D eigenvalue weighted by Crippen LogP contribution is 2.31. The smallest absolute Gasteiger partial charge is 0.357 e. The zero-order chi connectivity index (χ0) is 15.8. The molecule has 7 nitrogen and oxygen atoms in total. The van der Waals surface area contributed by atoms with Crippen LogP contribution in [0.15, 0.2) is 30.7 Å². The van der Waals surface area contributed by atoms with E-state index in [-0.39, 0.29) is 11.9 Å². The Bertz CT molecular complexity index is 861. The number of aromatic nitrogens is 4. The molecule has 1 unspecified atom stereocenters. The minimum Gasteiger partial charge on any atom is -0.476 e. The zero-order valence-electron chi connectivity index (χ0n) is 12.4. The summed E-state index contributed by atoms with van der Waals surface area (Å²) in [5.74, 6) is -1.05. The van der Waals surface area contributed by atoms with E-state index >= 15 is 0 Å². The van der Waals surface area contributed by atoms with Crippen LogP contribution in [-0.2, 0) is 4.74 Å². The molecule has 0 aromatic carbocycles. The number of rotatable bonds is 3. The third-order valence-corrected chi connectivity index (χ3v) is 4.14. The van der Waals surface area contributed by atoms with Crippen molar-refractivity contribution < 1.29 is 14.6 Å². The molecule has 0 amide bonds. The van der Waals surface area contributed by atoms with Crippen molar-refractivity contribution in [3.63, 3.8) is 0 Å². The molecule has 0 radical (unpaired) electrons. The molecule has 1 atom stereocenters. The van der Waals surface area contributed by atoms with E-state index in [4.69, 9.17) is 4.74 Å². The highest BCUT2D eigenvalue weighted by atomic mass is 16.5. The maximum atomic E-state index is 11.6. The van der Waals surface area contributed by atoms with E-state index in [9.17, 15) is 9.90 Å². The van der Waals surface area contributed by atoms with Gasteiger partial charge in [-0.3, -0.25) is 0 Å². The molecular formula is C16H16N4O3. The lowest BCUT2D eigenvalue weighted by molar-refractivity contribution is -0.0396. The van der Waals surface area contributed by atoms with Crippen LogP contribution in [0.1, 0.15) is 36.0 Å². The van der Waals surface area contributed by atoms with Crippen molar-refractivity contribution in [1.29, 1.82) is 0 Å². The normalized spacial score (nSPS) is 18.3. The second-order valence-electron chi connectivity index (χ2n) is 5.60. The van der Waals surface area contributed by atoms with Gasteiger partial charge >= 0.3 is 5.97 Å². The Kier molecular flexibility index (Phi) is 3.34. The number of hydrogen-bond donors (Lipinski definition) is 2. The topological polar surface area (TPSA) is 93.0 Å². The van der Waals surface area contributed by atoms with Gasteiger partial charge in [0.05, 0.1) is 0 Å². The number of carboxylic acid groups (broad SMARTS) is 1. The van der Waals surface area contributed by atoms with Gasteiger partial charge < -0.3 is 14.8 Å². The number of fused-ring (bicyclic) bond motifs is 1. The van der Waals surface area contributed by atoms with E-state index in [1.807, 2.05) is 12.1 Å². The summed E-state index contributed by atoms with van der Waals surface area (Å²) in [5.41, 5.74) is 2.14. The summed E-state index contributed by atoms with van der Waals surface area (Å²) in [5, 5.41) is 14.7.